The van der Waals surface area contributed by atoms with Crippen LogP contribution in [0.1, 0.15) is 39.5 Å². The molecule has 0 saturated carbocycles. The van der Waals surface area contributed by atoms with Gasteiger partial charge in [-0.2, -0.15) is 0 Å². The van der Waals surface area contributed by atoms with Crippen molar-refractivity contribution in [1.82, 2.24) is 15.2 Å². The van der Waals surface area contributed by atoms with E-state index in [1.54, 1.807) is 18.5 Å². The largest absolute Gasteiger partial charge is 0.370 e. The molecule has 6 nitrogen and oxygen atoms in total. The molecule has 0 radical (unpaired) electrons. The van der Waals surface area contributed by atoms with Crippen molar-refractivity contribution in [1.29, 1.82) is 0 Å². The van der Waals surface area contributed by atoms with E-state index in [4.69, 9.17) is 4.74 Å². The maximum Gasteiger partial charge on any atom is 0.319 e. The highest BCUT2D eigenvalue weighted by Gasteiger charge is 2.42. The van der Waals surface area contributed by atoms with Gasteiger partial charge in [0, 0.05) is 31.9 Å². The Balaban J connectivity index is 1.41. The van der Waals surface area contributed by atoms with E-state index in [-0.39, 0.29) is 17.7 Å². The zero-order chi connectivity index (χ0) is 17.0. The minimum absolute atomic E-state index is 0.0392. The van der Waals surface area contributed by atoms with Gasteiger partial charge in [0.25, 0.3) is 0 Å². The normalized spacial score (nSPS) is 23.5. The summed E-state index contributed by atoms with van der Waals surface area (Å²) in [6.07, 6.45) is 7.76. The molecule has 132 valence electrons. The number of amides is 2. The third-order valence-electron chi connectivity index (χ3n) is 5.19. The summed E-state index contributed by atoms with van der Waals surface area (Å²) in [5.74, 6) is 0. The minimum atomic E-state index is -0.206. The number of rotatable bonds is 4. The number of nitrogens with zero attached hydrogens (tertiary/aromatic N) is 2. The summed E-state index contributed by atoms with van der Waals surface area (Å²) < 4.78 is 6.34. The number of hydrogen-bond acceptors (Lipinski definition) is 4. The van der Waals surface area contributed by atoms with Crippen LogP contribution in [-0.2, 0) is 4.74 Å². The van der Waals surface area contributed by atoms with Crippen molar-refractivity contribution < 1.29 is 9.53 Å². The van der Waals surface area contributed by atoms with Gasteiger partial charge in [0.1, 0.15) is 0 Å². The van der Waals surface area contributed by atoms with Crippen LogP contribution < -0.4 is 10.6 Å². The number of pyridine rings is 1. The maximum absolute atomic E-state index is 11.9. The molecule has 1 atom stereocenters. The van der Waals surface area contributed by atoms with E-state index in [9.17, 15) is 4.79 Å². The van der Waals surface area contributed by atoms with Gasteiger partial charge in [-0.1, -0.05) is 0 Å². The molecule has 1 unspecified atom stereocenters. The number of likely N-dealkylation sites (tertiary alicyclic amines) is 1. The number of carbonyl (C=O) groups excluding carboxylic acids is 1. The van der Waals surface area contributed by atoms with E-state index in [0.717, 1.165) is 38.8 Å². The maximum atomic E-state index is 11.9. The van der Waals surface area contributed by atoms with Crippen molar-refractivity contribution in [2.45, 2.75) is 57.3 Å². The SMILES string of the molecule is CC(C)N1CCC2(CCC(CNC(=O)Nc3cccnc3)O2)CC1. The van der Waals surface area contributed by atoms with Crippen molar-refractivity contribution >= 4 is 11.7 Å². The molecule has 6 heteroatoms. The van der Waals surface area contributed by atoms with Crippen molar-refractivity contribution in [3.05, 3.63) is 24.5 Å². The molecular weight excluding hydrogens is 304 g/mol. The van der Waals surface area contributed by atoms with Gasteiger partial charge in [0.15, 0.2) is 0 Å². The molecule has 3 heterocycles. The third-order valence-corrected chi connectivity index (χ3v) is 5.19. The molecule has 1 spiro atoms. The summed E-state index contributed by atoms with van der Waals surface area (Å²) in [5.41, 5.74) is 0.734. The Labute approximate surface area is 144 Å². The highest BCUT2D eigenvalue weighted by atomic mass is 16.5. The third kappa shape index (κ3) is 4.24. The van der Waals surface area contributed by atoms with Crippen molar-refractivity contribution in [2.75, 3.05) is 25.0 Å². The van der Waals surface area contributed by atoms with E-state index in [1.807, 2.05) is 6.07 Å². The fraction of sp³-hybridized carbons (Fsp3) is 0.667. The number of hydrogen-bond donors (Lipinski definition) is 2. The molecular formula is C18H28N4O2. The average Bonchev–Trinajstić information content (AvgIpc) is 2.97. The number of ether oxygens (including phenoxy) is 1. The first-order valence-electron chi connectivity index (χ1n) is 8.93. The molecule has 2 aliphatic heterocycles. The predicted molar refractivity (Wildman–Crippen MR) is 94.0 cm³/mol. The first-order chi connectivity index (χ1) is 11.6. The topological polar surface area (TPSA) is 66.5 Å². The lowest BCUT2D eigenvalue weighted by molar-refractivity contribution is -0.0786. The summed E-state index contributed by atoms with van der Waals surface area (Å²) in [6.45, 7) is 7.28. The summed E-state index contributed by atoms with van der Waals surface area (Å²) >= 11 is 0. The monoisotopic (exact) mass is 332 g/mol. The van der Waals surface area contributed by atoms with Crippen LogP contribution in [0.5, 0.6) is 0 Å². The van der Waals surface area contributed by atoms with Crippen molar-refractivity contribution in [3.8, 4) is 0 Å². The van der Waals surface area contributed by atoms with Crippen LogP contribution in [-0.4, -0.2) is 53.3 Å². The lowest BCUT2D eigenvalue weighted by atomic mass is 9.88. The molecule has 1 aromatic heterocycles. The van der Waals surface area contributed by atoms with Gasteiger partial charge in [-0.05, 0) is 51.7 Å². The summed E-state index contributed by atoms with van der Waals surface area (Å²) in [5, 5.41) is 5.69. The Kier molecular flexibility index (Phi) is 5.36. The molecule has 2 N–H and O–H groups in total. The highest BCUT2D eigenvalue weighted by molar-refractivity contribution is 5.88. The van der Waals surface area contributed by atoms with Crippen LogP contribution in [0, 0.1) is 0 Å². The Morgan fingerprint density at radius 1 is 1.42 bits per heavy atom. The zero-order valence-electron chi connectivity index (χ0n) is 14.6. The number of carbonyl (C=O) groups is 1. The van der Waals surface area contributed by atoms with Gasteiger partial charge in [-0.3, -0.25) is 4.98 Å². The van der Waals surface area contributed by atoms with Gasteiger partial charge >= 0.3 is 6.03 Å². The van der Waals surface area contributed by atoms with Crippen LogP contribution in [0.3, 0.4) is 0 Å². The van der Waals surface area contributed by atoms with Gasteiger partial charge in [0.05, 0.1) is 23.6 Å². The summed E-state index contributed by atoms with van der Waals surface area (Å²) in [4.78, 5) is 18.4. The standard InChI is InChI=1S/C18H28N4O2/c1-14(2)22-10-7-18(8-11-22)6-5-16(24-18)13-20-17(23)21-15-4-3-9-19-12-15/h3-4,9,12,14,16H,5-8,10-11,13H2,1-2H3,(H2,20,21,23). The van der Waals surface area contributed by atoms with Crippen molar-refractivity contribution in [2.24, 2.45) is 0 Å². The van der Waals surface area contributed by atoms with Crippen LogP contribution >= 0.6 is 0 Å². The van der Waals surface area contributed by atoms with E-state index in [0.29, 0.717) is 18.3 Å². The second kappa shape index (κ2) is 7.49. The molecule has 2 amide bonds. The second-order valence-corrected chi connectivity index (χ2v) is 7.17. The van der Waals surface area contributed by atoms with E-state index < -0.39 is 0 Å². The van der Waals surface area contributed by atoms with E-state index in [2.05, 4.69) is 34.4 Å². The number of anilines is 1. The van der Waals surface area contributed by atoms with Crippen molar-refractivity contribution in [3.63, 3.8) is 0 Å². The van der Waals surface area contributed by atoms with Gasteiger partial charge < -0.3 is 20.3 Å². The van der Waals surface area contributed by atoms with Crippen LogP contribution in [0.25, 0.3) is 0 Å². The molecule has 2 saturated heterocycles. The first-order valence-corrected chi connectivity index (χ1v) is 8.93. The quantitative estimate of drug-likeness (QED) is 0.889. The molecule has 1 aromatic rings. The Morgan fingerprint density at radius 2 is 2.21 bits per heavy atom. The lowest BCUT2D eigenvalue weighted by Gasteiger charge is -2.40. The number of nitrogens with one attached hydrogen (secondary N) is 2. The van der Waals surface area contributed by atoms with Crippen LogP contribution in [0.4, 0.5) is 10.5 Å². The molecule has 3 rings (SSSR count). The Bertz CT molecular complexity index is 541. The van der Waals surface area contributed by atoms with Gasteiger partial charge in [-0.25, -0.2) is 4.79 Å². The first kappa shape index (κ1) is 17.2. The summed E-state index contributed by atoms with van der Waals surface area (Å²) in [6, 6.07) is 4.01. The second-order valence-electron chi connectivity index (χ2n) is 7.17. The molecule has 2 aliphatic rings. The Morgan fingerprint density at radius 3 is 2.88 bits per heavy atom. The molecule has 2 fully saturated rings. The number of piperidine rings is 1. The van der Waals surface area contributed by atoms with E-state index >= 15 is 0 Å². The fourth-order valence-corrected chi connectivity index (χ4v) is 3.67. The van der Waals surface area contributed by atoms with Crippen LogP contribution in [0.15, 0.2) is 24.5 Å². The molecule has 0 aliphatic carbocycles. The fourth-order valence-electron chi connectivity index (χ4n) is 3.67. The average molecular weight is 332 g/mol. The minimum Gasteiger partial charge on any atom is -0.370 e. The lowest BCUT2D eigenvalue weighted by Crippen LogP contribution is -2.47. The van der Waals surface area contributed by atoms with Gasteiger partial charge in [0.2, 0.25) is 0 Å². The number of urea groups is 1. The zero-order valence-corrected chi connectivity index (χ0v) is 14.6. The van der Waals surface area contributed by atoms with Gasteiger partial charge in [-0.15, -0.1) is 0 Å². The molecule has 24 heavy (non-hydrogen) atoms. The smallest absolute Gasteiger partial charge is 0.319 e. The predicted octanol–water partition coefficient (Wildman–Crippen LogP) is 2.63. The summed E-state index contributed by atoms with van der Waals surface area (Å²) in [7, 11) is 0. The highest BCUT2D eigenvalue weighted by Crippen LogP contribution is 2.39. The molecule has 0 bridgehead atoms. The number of aromatic nitrogens is 1. The van der Waals surface area contributed by atoms with E-state index in [1.165, 1.54) is 0 Å². The van der Waals surface area contributed by atoms with Crippen LogP contribution in [0.2, 0.25) is 0 Å². The Hall–Kier alpha value is -1.66. The molecule has 0 aromatic carbocycles.